The molecule has 0 saturated carbocycles. The minimum atomic E-state index is 0.383. The SMILES string of the molecule is Cc1cc(Nc2cc(N3CCOCC3)nc(N(C)C3C[C@H]4CCC[C@@H](C3)N4CCC#N)n2)n[nH]1. The van der Waals surface area contributed by atoms with Crippen molar-refractivity contribution in [2.24, 2.45) is 0 Å². The molecule has 5 rings (SSSR count). The van der Waals surface area contributed by atoms with Gasteiger partial charge in [-0.3, -0.25) is 10.00 Å². The van der Waals surface area contributed by atoms with Crippen molar-refractivity contribution < 1.29 is 4.74 Å². The molecule has 182 valence electrons. The Bertz CT molecular complexity index is 998. The van der Waals surface area contributed by atoms with Gasteiger partial charge >= 0.3 is 0 Å². The number of anilines is 4. The Kier molecular flexibility index (Phi) is 6.83. The smallest absolute Gasteiger partial charge is 0.229 e. The predicted octanol–water partition coefficient (Wildman–Crippen LogP) is 2.82. The minimum Gasteiger partial charge on any atom is -0.378 e. The van der Waals surface area contributed by atoms with Crippen molar-refractivity contribution in [3.05, 3.63) is 17.8 Å². The van der Waals surface area contributed by atoms with Crippen molar-refractivity contribution in [3.8, 4) is 6.07 Å². The van der Waals surface area contributed by atoms with E-state index in [2.05, 4.69) is 43.3 Å². The zero-order valence-corrected chi connectivity index (χ0v) is 20.2. The normalized spacial score (nSPS) is 25.1. The topological polar surface area (TPSA) is 109 Å². The molecule has 0 amide bonds. The Labute approximate surface area is 201 Å². The molecule has 2 aromatic heterocycles. The van der Waals surface area contributed by atoms with Crippen LogP contribution < -0.4 is 15.1 Å². The van der Waals surface area contributed by atoms with Crippen LogP contribution in [0, 0.1) is 18.3 Å². The molecule has 2 bridgehead atoms. The number of nitrogens with one attached hydrogen (secondary N) is 2. The molecule has 0 aliphatic carbocycles. The summed E-state index contributed by atoms with van der Waals surface area (Å²) in [5, 5.41) is 19.7. The van der Waals surface area contributed by atoms with Crippen LogP contribution in [0.5, 0.6) is 0 Å². The first-order chi connectivity index (χ1) is 16.6. The lowest BCUT2D eigenvalue weighted by molar-refractivity contribution is 0.0326. The first-order valence-corrected chi connectivity index (χ1v) is 12.5. The Morgan fingerprint density at radius 2 is 1.94 bits per heavy atom. The summed E-state index contributed by atoms with van der Waals surface area (Å²) in [4.78, 5) is 17.0. The third kappa shape index (κ3) is 4.95. The van der Waals surface area contributed by atoms with Crippen molar-refractivity contribution in [1.29, 1.82) is 5.26 Å². The molecule has 2 N–H and O–H groups in total. The first kappa shape index (κ1) is 22.9. The highest BCUT2D eigenvalue weighted by Gasteiger charge is 2.39. The average Bonchev–Trinajstić information content (AvgIpc) is 3.26. The molecular weight excluding hydrogens is 430 g/mol. The van der Waals surface area contributed by atoms with E-state index in [9.17, 15) is 0 Å². The van der Waals surface area contributed by atoms with Crippen LogP contribution in [0.15, 0.2) is 12.1 Å². The highest BCUT2D eigenvalue weighted by molar-refractivity contribution is 5.60. The Balaban J connectivity index is 1.39. The number of nitriles is 1. The van der Waals surface area contributed by atoms with Crippen molar-refractivity contribution in [2.75, 3.05) is 55.0 Å². The standard InChI is InChI=1S/C24H35N9O/c1-17-13-22(30-29-17)26-21-16-23(32-9-11-34-12-10-32)28-24(27-21)31(2)20-14-18-5-3-6-19(15-20)33(18)8-4-7-25/h13,16,18-20H,3-6,8-12,14-15H2,1-2H3,(H2,26,27,28,29,30)/t18-,19+,20?. The summed E-state index contributed by atoms with van der Waals surface area (Å²) < 4.78 is 5.55. The number of rotatable bonds is 7. The van der Waals surface area contributed by atoms with Gasteiger partial charge in [0.1, 0.15) is 11.6 Å². The van der Waals surface area contributed by atoms with E-state index in [0.717, 1.165) is 61.6 Å². The lowest BCUT2D eigenvalue weighted by atomic mass is 9.81. The molecule has 1 unspecified atom stereocenters. The van der Waals surface area contributed by atoms with Crippen molar-refractivity contribution in [1.82, 2.24) is 25.1 Å². The van der Waals surface area contributed by atoms with Gasteiger partial charge in [0.05, 0.1) is 19.3 Å². The minimum absolute atomic E-state index is 0.383. The monoisotopic (exact) mass is 465 g/mol. The van der Waals surface area contributed by atoms with Crippen molar-refractivity contribution in [2.45, 2.75) is 63.6 Å². The summed E-state index contributed by atoms with van der Waals surface area (Å²) in [6.07, 6.45) is 6.50. The number of nitrogens with zero attached hydrogens (tertiary/aromatic N) is 7. The summed E-state index contributed by atoms with van der Waals surface area (Å²) in [7, 11) is 2.13. The summed E-state index contributed by atoms with van der Waals surface area (Å²) in [5.74, 6) is 3.16. The van der Waals surface area contributed by atoms with Gasteiger partial charge in [0, 0.05) is 69.1 Å². The summed E-state index contributed by atoms with van der Waals surface area (Å²) in [5.41, 5.74) is 0.997. The zero-order chi connectivity index (χ0) is 23.5. The molecule has 34 heavy (non-hydrogen) atoms. The molecule has 0 radical (unpaired) electrons. The third-order valence-electron chi connectivity index (χ3n) is 7.44. The van der Waals surface area contributed by atoms with Gasteiger partial charge in [0.25, 0.3) is 0 Å². The Morgan fingerprint density at radius 3 is 2.62 bits per heavy atom. The van der Waals surface area contributed by atoms with E-state index in [-0.39, 0.29) is 0 Å². The molecule has 5 heterocycles. The molecule has 2 aromatic rings. The molecule has 0 aromatic carbocycles. The fraction of sp³-hybridized carbons (Fsp3) is 0.667. The average molecular weight is 466 g/mol. The van der Waals surface area contributed by atoms with Crippen molar-refractivity contribution in [3.63, 3.8) is 0 Å². The maximum Gasteiger partial charge on any atom is 0.229 e. The van der Waals surface area contributed by atoms with Crippen molar-refractivity contribution >= 4 is 23.4 Å². The van der Waals surface area contributed by atoms with Gasteiger partial charge < -0.3 is 19.9 Å². The second-order valence-corrected chi connectivity index (χ2v) is 9.69. The van der Waals surface area contributed by atoms with Crippen LogP contribution in [0.4, 0.5) is 23.4 Å². The van der Waals surface area contributed by atoms with Crippen LogP contribution in [-0.4, -0.2) is 83.1 Å². The van der Waals surface area contributed by atoms with Gasteiger partial charge in [-0.15, -0.1) is 0 Å². The third-order valence-corrected chi connectivity index (χ3v) is 7.44. The predicted molar refractivity (Wildman–Crippen MR) is 131 cm³/mol. The lowest BCUT2D eigenvalue weighted by Gasteiger charge is -2.50. The maximum atomic E-state index is 9.09. The molecular formula is C24H35N9O. The number of hydrogen-bond donors (Lipinski definition) is 2. The van der Waals surface area contributed by atoms with Gasteiger partial charge in [-0.25, -0.2) is 0 Å². The largest absolute Gasteiger partial charge is 0.378 e. The summed E-state index contributed by atoms with van der Waals surface area (Å²) >= 11 is 0. The number of aromatic nitrogens is 4. The number of aryl methyl sites for hydroxylation is 1. The second kappa shape index (κ2) is 10.2. The van der Waals surface area contributed by atoms with Crippen LogP contribution >= 0.6 is 0 Å². The van der Waals surface area contributed by atoms with E-state index in [1.807, 2.05) is 19.1 Å². The van der Waals surface area contributed by atoms with Crippen LogP contribution in [0.25, 0.3) is 0 Å². The Morgan fingerprint density at radius 1 is 1.18 bits per heavy atom. The second-order valence-electron chi connectivity index (χ2n) is 9.69. The molecule has 3 aliphatic heterocycles. The highest BCUT2D eigenvalue weighted by Crippen LogP contribution is 2.37. The van der Waals surface area contributed by atoms with E-state index >= 15 is 0 Å². The van der Waals surface area contributed by atoms with Gasteiger partial charge in [-0.1, -0.05) is 6.42 Å². The van der Waals surface area contributed by atoms with Gasteiger partial charge in [-0.2, -0.15) is 20.3 Å². The van der Waals surface area contributed by atoms with Gasteiger partial charge in [0.15, 0.2) is 5.82 Å². The number of ether oxygens (including phenoxy) is 1. The zero-order valence-electron chi connectivity index (χ0n) is 20.2. The lowest BCUT2D eigenvalue weighted by Crippen LogP contribution is -2.56. The van der Waals surface area contributed by atoms with Crippen LogP contribution in [-0.2, 0) is 4.74 Å². The van der Waals surface area contributed by atoms with E-state index in [0.29, 0.717) is 37.8 Å². The van der Waals surface area contributed by atoms with E-state index < -0.39 is 0 Å². The number of aromatic amines is 1. The number of piperidine rings is 2. The molecule has 3 atom stereocenters. The van der Waals surface area contributed by atoms with E-state index in [1.165, 1.54) is 19.3 Å². The van der Waals surface area contributed by atoms with Gasteiger partial charge in [0.2, 0.25) is 5.95 Å². The summed E-state index contributed by atoms with van der Waals surface area (Å²) in [6.45, 7) is 5.94. The maximum absolute atomic E-state index is 9.09. The van der Waals surface area contributed by atoms with Crippen LogP contribution in [0.3, 0.4) is 0 Å². The number of H-pyrrole nitrogens is 1. The van der Waals surface area contributed by atoms with E-state index in [1.54, 1.807) is 0 Å². The fourth-order valence-corrected chi connectivity index (χ4v) is 5.69. The number of hydrogen-bond acceptors (Lipinski definition) is 9. The van der Waals surface area contributed by atoms with E-state index in [4.69, 9.17) is 20.0 Å². The quantitative estimate of drug-likeness (QED) is 0.638. The molecule has 3 fully saturated rings. The van der Waals surface area contributed by atoms with Crippen LogP contribution in [0.2, 0.25) is 0 Å². The fourth-order valence-electron chi connectivity index (χ4n) is 5.69. The Hall–Kier alpha value is -2.90. The van der Waals surface area contributed by atoms with Crippen LogP contribution in [0.1, 0.15) is 44.2 Å². The number of morpholine rings is 1. The molecule has 0 spiro atoms. The highest BCUT2D eigenvalue weighted by atomic mass is 16.5. The molecule has 3 aliphatic rings. The molecule has 10 heteroatoms. The summed E-state index contributed by atoms with van der Waals surface area (Å²) in [6, 6.07) is 7.77. The van der Waals surface area contributed by atoms with Gasteiger partial charge in [-0.05, 0) is 32.6 Å². The molecule has 10 nitrogen and oxygen atoms in total. The molecule has 3 saturated heterocycles. The number of fused-ring (bicyclic) bond motifs is 2. The first-order valence-electron chi connectivity index (χ1n) is 12.5.